The minimum absolute atomic E-state index is 0.0188. The van der Waals surface area contributed by atoms with Crippen LogP contribution in [0.1, 0.15) is 38.6 Å². The van der Waals surface area contributed by atoms with Crippen LogP contribution in [0.2, 0.25) is 0 Å². The molecule has 0 aliphatic carbocycles. The number of nitrogens with zero attached hydrogens (tertiary/aromatic N) is 1. The highest BCUT2D eigenvalue weighted by Crippen LogP contribution is 2.28. The molecule has 1 aromatic rings. The fourth-order valence-electron chi connectivity index (χ4n) is 2.21. The molecule has 2 heterocycles. The van der Waals surface area contributed by atoms with Gasteiger partial charge in [0, 0.05) is 16.0 Å². The van der Waals surface area contributed by atoms with E-state index < -0.39 is 5.41 Å². The molecule has 0 aromatic carbocycles. The van der Waals surface area contributed by atoms with Gasteiger partial charge in [0.15, 0.2) is 0 Å². The Morgan fingerprint density at radius 1 is 1.43 bits per heavy atom. The van der Waals surface area contributed by atoms with Gasteiger partial charge in [-0.25, -0.2) is 0 Å². The number of hydrogen-bond acceptors (Lipinski definition) is 4. The minimum atomic E-state index is -0.456. The van der Waals surface area contributed by atoms with E-state index in [0.29, 0.717) is 11.6 Å². The lowest BCUT2D eigenvalue weighted by Gasteiger charge is -2.30. The number of thiophene rings is 1. The van der Waals surface area contributed by atoms with Gasteiger partial charge >= 0.3 is 0 Å². The van der Waals surface area contributed by atoms with Gasteiger partial charge in [-0.15, -0.1) is 23.1 Å². The molecule has 1 saturated heterocycles. The topological polar surface area (TPSA) is 49.4 Å². The van der Waals surface area contributed by atoms with Crippen LogP contribution in [0.15, 0.2) is 17.5 Å². The smallest absolute Gasteiger partial charge is 0.244 e. The first kappa shape index (κ1) is 16.4. The summed E-state index contributed by atoms with van der Waals surface area (Å²) in [7, 11) is 0. The zero-order chi connectivity index (χ0) is 15.6. The molecular weight excluding hydrogens is 304 g/mol. The zero-order valence-electron chi connectivity index (χ0n) is 12.9. The van der Waals surface area contributed by atoms with Gasteiger partial charge < -0.3 is 10.2 Å². The molecule has 1 aliphatic heterocycles. The van der Waals surface area contributed by atoms with E-state index in [1.165, 1.54) is 0 Å². The fourth-order valence-corrected chi connectivity index (χ4v) is 4.10. The number of amides is 2. The summed E-state index contributed by atoms with van der Waals surface area (Å²) in [5.74, 6) is 1.25. The summed E-state index contributed by atoms with van der Waals surface area (Å²) >= 11 is 3.26. The lowest BCUT2D eigenvalue weighted by molar-refractivity contribution is -0.144. The summed E-state index contributed by atoms with van der Waals surface area (Å²) < 4.78 is 0. The Labute approximate surface area is 134 Å². The van der Waals surface area contributed by atoms with Crippen molar-refractivity contribution in [3.63, 3.8) is 0 Å². The van der Waals surface area contributed by atoms with Crippen LogP contribution in [0.4, 0.5) is 0 Å². The number of carbonyl (C=O) groups is 2. The summed E-state index contributed by atoms with van der Waals surface area (Å²) in [5.41, 5.74) is -0.456. The first-order valence-electron chi connectivity index (χ1n) is 7.03. The Bertz CT molecular complexity index is 508. The Hall–Kier alpha value is -1.01. The van der Waals surface area contributed by atoms with Crippen molar-refractivity contribution in [3.8, 4) is 0 Å². The maximum Gasteiger partial charge on any atom is 0.244 e. The van der Waals surface area contributed by atoms with Crippen LogP contribution in [-0.4, -0.2) is 34.4 Å². The summed E-state index contributed by atoms with van der Waals surface area (Å²) in [6, 6.07) is 3.61. The van der Waals surface area contributed by atoms with E-state index in [1.807, 2.05) is 45.2 Å². The number of carbonyl (C=O) groups excluding carboxylic acids is 2. The van der Waals surface area contributed by atoms with E-state index in [2.05, 4.69) is 5.32 Å². The highest BCUT2D eigenvalue weighted by molar-refractivity contribution is 7.99. The van der Waals surface area contributed by atoms with Gasteiger partial charge in [-0.05, 0) is 18.4 Å². The van der Waals surface area contributed by atoms with Crippen LogP contribution >= 0.6 is 23.1 Å². The molecule has 1 fully saturated rings. The van der Waals surface area contributed by atoms with Crippen molar-refractivity contribution in [1.29, 1.82) is 0 Å². The van der Waals surface area contributed by atoms with Crippen LogP contribution in [0, 0.1) is 5.41 Å². The Kier molecular flexibility index (Phi) is 4.99. The largest absolute Gasteiger partial charge is 0.347 e. The molecule has 0 unspecified atom stereocenters. The third kappa shape index (κ3) is 3.80. The fraction of sp³-hybridized carbons (Fsp3) is 0.600. The van der Waals surface area contributed by atoms with Gasteiger partial charge in [-0.2, -0.15) is 0 Å². The number of nitrogens with one attached hydrogen (secondary N) is 1. The number of hydrogen-bond donors (Lipinski definition) is 1. The Morgan fingerprint density at radius 2 is 2.14 bits per heavy atom. The van der Waals surface area contributed by atoms with Gasteiger partial charge in [0.2, 0.25) is 11.8 Å². The third-order valence-electron chi connectivity index (χ3n) is 3.42. The zero-order valence-corrected chi connectivity index (χ0v) is 14.5. The van der Waals surface area contributed by atoms with Gasteiger partial charge in [-0.1, -0.05) is 26.8 Å². The molecule has 0 bridgehead atoms. The van der Waals surface area contributed by atoms with Gasteiger partial charge in [0.05, 0.1) is 11.9 Å². The van der Waals surface area contributed by atoms with Crippen molar-refractivity contribution in [2.24, 2.45) is 5.41 Å². The molecule has 6 heteroatoms. The van der Waals surface area contributed by atoms with E-state index in [1.54, 1.807) is 28.0 Å². The molecule has 4 nitrogen and oxygen atoms in total. The molecule has 2 amide bonds. The quantitative estimate of drug-likeness (QED) is 0.929. The summed E-state index contributed by atoms with van der Waals surface area (Å²) in [4.78, 5) is 27.7. The second-order valence-electron chi connectivity index (χ2n) is 6.29. The van der Waals surface area contributed by atoms with Crippen molar-refractivity contribution in [2.45, 2.75) is 39.8 Å². The van der Waals surface area contributed by atoms with E-state index >= 15 is 0 Å². The second kappa shape index (κ2) is 6.40. The lowest BCUT2D eigenvalue weighted by Crippen LogP contribution is -2.50. The highest BCUT2D eigenvalue weighted by Gasteiger charge is 2.39. The predicted octanol–water partition coefficient (Wildman–Crippen LogP) is 2.87. The summed E-state index contributed by atoms with van der Waals surface area (Å²) in [6.07, 6.45) is 0. The normalized spacial score (nSPS) is 20.4. The lowest BCUT2D eigenvalue weighted by atomic mass is 9.94. The molecule has 1 N–H and O–H groups in total. The number of thioether (sulfide) groups is 1. The van der Waals surface area contributed by atoms with Crippen molar-refractivity contribution in [3.05, 3.63) is 22.4 Å². The summed E-state index contributed by atoms with van der Waals surface area (Å²) in [6.45, 7) is 7.65. The molecular formula is C15H22N2O2S2. The molecule has 0 saturated carbocycles. The number of rotatable bonds is 3. The van der Waals surface area contributed by atoms with Crippen molar-refractivity contribution < 1.29 is 9.59 Å². The Balaban J connectivity index is 2.03. The average Bonchev–Trinajstić information content (AvgIpc) is 3.07. The summed E-state index contributed by atoms with van der Waals surface area (Å²) in [5, 5.41) is 5.02. The third-order valence-corrected chi connectivity index (χ3v) is 5.48. The molecule has 0 spiro atoms. The van der Waals surface area contributed by atoms with Crippen LogP contribution in [0.3, 0.4) is 0 Å². The van der Waals surface area contributed by atoms with Crippen LogP contribution in [0.25, 0.3) is 0 Å². The molecule has 1 aliphatic rings. The van der Waals surface area contributed by atoms with E-state index in [9.17, 15) is 9.59 Å². The molecule has 116 valence electrons. The minimum Gasteiger partial charge on any atom is -0.347 e. The predicted molar refractivity (Wildman–Crippen MR) is 88.3 cm³/mol. The van der Waals surface area contributed by atoms with Crippen molar-refractivity contribution in [2.75, 3.05) is 11.6 Å². The SMILES string of the molecule is C[C@H](NC(=O)[C@@H]1CSCN1C(=O)C(C)(C)C)c1cccs1. The van der Waals surface area contributed by atoms with Crippen LogP contribution in [-0.2, 0) is 9.59 Å². The second-order valence-corrected chi connectivity index (χ2v) is 8.27. The van der Waals surface area contributed by atoms with Gasteiger partial charge in [-0.3, -0.25) is 9.59 Å². The highest BCUT2D eigenvalue weighted by atomic mass is 32.2. The van der Waals surface area contributed by atoms with Gasteiger partial charge in [0.1, 0.15) is 6.04 Å². The van der Waals surface area contributed by atoms with Crippen LogP contribution < -0.4 is 5.32 Å². The van der Waals surface area contributed by atoms with E-state index in [4.69, 9.17) is 0 Å². The van der Waals surface area contributed by atoms with E-state index in [0.717, 1.165) is 4.88 Å². The molecule has 21 heavy (non-hydrogen) atoms. The standard InChI is InChI=1S/C15H22N2O2S2/c1-10(12-6-5-7-21-12)16-13(18)11-8-20-9-17(11)14(19)15(2,3)4/h5-7,10-11H,8-9H2,1-4H3,(H,16,18)/t10-,11-/m0/s1. The van der Waals surface area contributed by atoms with Crippen molar-refractivity contribution in [1.82, 2.24) is 10.2 Å². The first-order valence-corrected chi connectivity index (χ1v) is 9.06. The Morgan fingerprint density at radius 3 is 2.71 bits per heavy atom. The van der Waals surface area contributed by atoms with E-state index in [-0.39, 0.29) is 23.9 Å². The van der Waals surface area contributed by atoms with Crippen LogP contribution in [0.5, 0.6) is 0 Å². The maximum absolute atomic E-state index is 12.5. The molecule has 2 atom stereocenters. The molecule has 1 aromatic heterocycles. The monoisotopic (exact) mass is 326 g/mol. The maximum atomic E-state index is 12.5. The molecule has 2 rings (SSSR count). The molecule has 0 radical (unpaired) electrons. The first-order chi connectivity index (χ1) is 9.80. The van der Waals surface area contributed by atoms with Gasteiger partial charge in [0.25, 0.3) is 0 Å². The average molecular weight is 326 g/mol. The van der Waals surface area contributed by atoms with Crippen molar-refractivity contribution >= 4 is 34.9 Å².